The number of nitrogens with zero attached hydrogens (tertiary/aromatic N) is 1. The van der Waals surface area contributed by atoms with Gasteiger partial charge in [-0.3, -0.25) is 0 Å². The minimum absolute atomic E-state index is 0.831. The highest BCUT2D eigenvalue weighted by Gasteiger charge is 2.15. The third kappa shape index (κ3) is 5.47. The first-order chi connectivity index (χ1) is 6.83. The van der Waals surface area contributed by atoms with E-state index in [1.54, 1.807) is 0 Å². The summed E-state index contributed by atoms with van der Waals surface area (Å²) < 4.78 is 0. The Morgan fingerprint density at radius 2 is 2.07 bits per heavy atom. The van der Waals surface area contributed by atoms with Gasteiger partial charge < -0.3 is 4.90 Å². The van der Waals surface area contributed by atoms with E-state index in [0.29, 0.717) is 0 Å². The summed E-state index contributed by atoms with van der Waals surface area (Å²) in [6.45, 7) is 6.22. The summed E-state index contributed by atoms with van der Waals surface area (Å²) in [5, 5.41) is 0.839. The fourth-order valence-electron chi connectivity index (χ4n) is 1.88. The summed E-state index contributed by atoms with van der Waals surface area (Å²) in [5.74, 6) is 2.15. The van der Waals surface area contributed by atoms with Crippen LogP contribution in [0.4, 0.5) is 0 Å². The molecule has 3 heteroatoms. The van der Waals surface area contributed by atoms with Gasteiger partial charge in [-0.25, -0.2) is 0 Å². The number of thioether (sulfide) groups is 1. The molecule has 0 bridgehead atoms. The van der Waals surface area contributed by atoms with Gasteiger partial charge in [0.05, 0.1) is 0 Å². The zero-order valence-corrected chi connectivity index (χ0v) is 10.7. The molecule has 0 saturated carbocycles. The van der Waals surface area contributed by atoms with Crippen LogP contribution in [-0.4, -0.2) is 41.4 Å². The molecule has 0 radical (unpaired) electrons. The minimum atomic E-state index is 0.831. The van der Waals surface area contributed by atoms with Crippen LogP contribution in [-0.2, 0) is 0 Å². The van der Waals surface area contributed by atoms with Crippen molar-refractivity contribution in [3.63, 3.8) is 0 Å². The zero-order valence-electron chi connectivity index (χ0n) is 9.17. The number of hydrogen-bond donors (Lipinski definition) is 0. The van der Waals surface area contributed by atoms with E-state index in [-0.39, 0.29) is 0 Å². The first-order valence-electron chi connectivity index (χ1n) is 5.73. The Labute approximate surface area is 97.6 Å². The number of rotatable bonds is 6. The molecule has 1 aliphatic rings. The predicted molar refractivity (Wildman–Crippen MR) is 67.5 cm³/mol. The van der Waals surface area contributed by atoms with Crippen molar-refractivity contribution in [1.29, 1.82) is 0 Å². The van der Waals surface area contributed by atoms with Gasteiger partial charge in [0.1, 0.15) is 0 Å². The van der Waals surface area contributed by atoms with E-state index in [4.69, 9.17) is 11.6 Å². The van der Waals surface area contributed by atoms with Crippen molar-refractivity contribution in [1.82, 2.24) is 4.90 Å². The Balaban J connectivity index is 1.95. The number of alkyl halides is 1. The standard InChI is InChI=1S/C11H22ClNS/c1-11-10-13(8-9-14-11)7-5-3-2-4-6-12/h11H,2-10H2,1H3. The second-order valence-electron chi connectivity index (χ2n) is 4.09. The second kappa shape index (κ2) is 7.84. The van der Waals surface area contributed by atoms with Crippen LogP contribution in [0.5, 0.6) is 0 Å². The lowest BCUT2D eigenvalue weighted by Gasteiger charge is -2.30. The van der Waals surface area contributed by atoms with Gasteiger partial charge in [-0.2, -0.15) is 11.8 Å². The van der Waals surface area contributed by atoms with E-state index in [1.807, 2.05) is 0 Å². The topological polar surface area (TPSA) is 3.24 Å². The van der Waals surface area contributed by atoms with Crippen molar-refractivity contribution >= 4 is 23.4 Å². The van der Waals surface area contributed by atoms with Crippen LogP contribution in [0, 0.1) is 0 Å². The summed E-state index contributed by atoms with van der Waals surface area (Å²) in [6, 6.07) is 0. The van der Waals surface area contributed by atoms with Crippen LogP contribution in [0.1, 0.15) is 32.6 Å². The van der Waals surface area contributed by atoms with Gasteiger partial charge in [-0.15, -0.1) is 11.6 Å². The fourth-order valence-corrected chi connectivity index (χ4v) is 3.15. The smallest absolute Gasteiger partial charge is 0.0223 e. The van der Waals surface area contributed by atoms with Crippen LogP contribution in [0.2, 0.25) is 0 Å². The van der Waals surface area contributed by atoms with Crippen LogP contribution in [0.25, 0.3) is 0 Å². The molecule has 0 aromatic carbocycles. The van der Waals surface area contributed by atoms with E-state index < -0.39 is 0 Å². The highest BCUT2D eigenvalue weighted by Crippen LogP contribution is 2.18. The van der Waals surface area contributed by atoms with E-state index >= 15 is 0 Å². The Bertz CT molecular complexity index is 143. The lowest BCUT2D eigenvalue weighted by Crippen LogP contribution is -2.37. The first kappa shape index (κ1) is 12.7. The van der Waals surface area contributed by atoms with Gasteiger partial charge >= 0.3 is 0 Å². The molecule has 0 N–H and O–H groups in total. The number of halogens is 1. The van der Waals surface area contributed by atoms with Gasteiger partial charge in [0.15, 0.2) is 0 Å². The maximum Gasteiger partial charge on any atom is 0.0223 e. The average Bonchev–Trinajstić information content (AvgIpc) is 2.18. The van der Waals surface area contributed by atoms with Crippen molar-refractivity contribution < 1.29 is 0 Å². The maximum atomic E-state index is 5.64. The Hall–Kier alpha value is 0.600. The molecule has 1 fully saturated rings. The summed E-state index contributed by atoms with van der Waals surface area (Å²) in [7, 11) is 0. The van der Waals surface area contributed by atoms with Crippen molar-refractivity contribution in [2.75, 3.05) is 31.3 Å². The molecule has 1 atom stereocenters. The van der Waals surface area contributed by atoms with E-state index in [1.165, 1.54) is 51.1 Å². The third-order valence-corrected chi connectivity index (χ3v) is 4.09. The molecule has 14 heavy (non-hydrogen) atoms. The Morgan fingerprint density at radius 1 is 1.29 bits per heavy atom. The highest BCUT2D eigenvalue weighted by molar-refractivity contribution is 7.99. The second-order valence-corrected chi connectivity index (χ2v) is 6.01. The van der Waals surface area contributed by atoms with Crippen molar-refractivity contribution in [3.05, 3.63) is 0 Å². The van der Waals surface area contributed by atoms with E-state index in [0.717, 1.165) is 11.1 Å². The highest BCUT2D eigenvalue weighted by atomic mass is 35.5. The van der Waals surface area contributed by atoms with Gasteiger partial charge in [0, 0.05) is 30.0 Å². The zero-order chi connectivity index (χ0) is 10.2. The number of hydrogen-bond acceptors (Lipinski definition) is 2. The molecular weight excluding hydrogens is 214 g/mol. The van der Waals surface area contributed by atoms with Gasteiger partial charge in [-0.1, -0.05) is 19.8 Å². The summed E-state index contributed by atoms with van der Waals surface area (Å²) in [4.78, 5) is 2.61. The van der Waals surface area contributed by atoms with Crippen LogP contribution in [0.15, 0.2) is 0 Å². The molecule has 0 aromatic heterocycles. The Morgan fingerprint density at radius 3 is 2.79 bits per heavy atom. The molecule has 84 valence electrons. The summed E-state index contributed by atoms with van der Waals surface area (Å²) >= 11 is 7.75. The third-order valence-electron chi connectivity index (χ3n) is 2.68. The van der Waals surface area contributed by atoms with E-state index in [2.05, 4.69) is 23.6 Å². The minimum Gasteiger partial charge on any atom is -0.301 e. The van der Waals surface area contributed by atoms with Gasteiger partial charge in [-0.05, 0) is 19.4 Å². The summed E-state index contributed by atoms with van der Waals surface area (Å²) in [5.41, 5.74) is 0. The fraction of sp³-hybridized carbons (Fsp3) is 1.00. The molecule has 1 rings (SSSR count). The number of unbranched alkanes of at least 4 members (excludes halogenated alkanes) is 3. The largest absolute Gasteiger partial charge is 0.301 e. The molecule has 0 amide bonds. The van der Waals surface area contributed by atoms with Crippen molar-refractivity contribution in [2.45, 2.75) is 37.9 Å². The van der Waals surface area contributed by atoms with Crippen LogP contribution >= 0.6 is 23.4 Å². The molecule has 1 nitrogen and oxygen atoms in total. The molecule has 0 aliphatic carbocycles. The molecule has 1 heterocycles. The van der Waals surface area contributed by atoms with Crippen molar-refractivity contribution in [2.24, 2.45) is 0 Å². The SMILES string of the molecule is CC1CN(CCCCCCCl)CCS1. The van der Waals surface area contributed by atoms with Gasteiger partial charge in [0.2, 0.25) is 0 Å². The molecular formula is C11H22ClNS. The summed E-state index contributed by atoms with van der Waals surface area (Å²) in [6.07, 6.45) is 5.20. The lowest BCUT2D eigenvalue weighted by atomic mass is 10.2. The molecule has 0 aromatic rings. The normalized spacial score (nSPS) is 24.0. The molecule has 1 unspecified atom stereocenters. The molecule has 0 spiro atoms. The molecule has 1 saturated heterocycles. The first-order valence-corrected chi connectivity index (χ1v) is 7.31. The van der Waals surface area contributed by atoms with Crippen molar-refractivity contribution in [3.8, 4) is 0 Å². The monoisotopic (exact) mass is 235 g/mol. The van der Waals surface area contributed by atoms with Crippen LogP contribution in [0.3, 0.4) is 0 Å². The molecule has 1 aliphatic heterocycles. The predicted octanol–water partition coefficient (Wildman–Crippen LogP) is 3.22. The van der Waals surface area contributed by atoms with Crippen LogP contribution < -0.4 is 0 Å². The maximum absolute atomic E-state index is 5.64. The average molecular weight is 236 g/mol. The lowest BCUT2D eigenvalue weighted by molar-refractivity contribution is 0.279. The Kier molecular flexibility index (Phi) is 7.09. The van der Waals surface area contributed by atoms with Gasteiger partial charge in [0.25, 0.3) is 0 Å². The quantitative estimate of drug-likeness (QED) is 0.514. The van der Waals surface area contributed by atoms with E-state index in [9.17, 15) is 0 Å².